The number of nitrogens with one attached hydrogen (secondary N) is 1. The molecule has 21 heavy (non-hydrogen) atoms. The molecule has 1 aliphatic rings. The molecular weight excluding hydrogens is 288 g/mol. The Morgan fingerprint density at radius 2 is 2.24 bits per heavy atom. The topological polar surface area (TPSA) is 70.8 Å². The molecule has 1 fully saturated rings. The first kappa shape index (κ1) is 15.5. The average Bonchev–Trinajstić information content (AvgIpc) is 3.02. The number of likely N-dealkylation sites (tertiary alicyclic amines) is 1. The molecule has 1 aliphatic heterocycles. The standard InChI is InChI=1S/C14H20N4O2S/c1-17(13(21)16-15)12-7-8-18(9-12)14(19)20-10-11-5-3-2-4-6-11/h2-6,12H,7-10,15H2,1H3,(H,16,21)/t12-/m1/s1. The van der Waals surface area contributed by atoms with Gasteiger partial charge in [-0.05, 0) is 24.2 Å². The summed E-state index contributed by atoms with van der Waals surface area (Å²) in [6.07, 6.45) is 0.556. The third-order valence-corrected chi connectivity index (χ3v) is 4.02. The van der Waals surface area contributed by atoms with Crippen LogP contribution in [-0.2, 0) is 11.3 Å². The molecule has 2 rings (SSSR count). The van der Waals surface area contributed by atoms with Gasteiger partial charge in [-0.2, -0.15) is 0 Å². The minimum atomic E-state index is -0.290. The molecule has 0 radical (unpaired) electrons. The molecule has 0 bridgehead atoms. The van der Waals surface area contributed by atoms with Gasteiger partial charge in [0.25, 0.3) is 0 Å². The molecule has 114 valence electrons. The minimum absolute atomic E-state index is 0.165. The van der Waals surface area contributed by atoms with Crippen LogP contribution in [0, 0.1) is 0 Å². The number of hydrogen-bond acceptors (Lipinski definition) is 4. The van der Waals surface area contributed by atoms with Crippen LogP contribution in [0.5, 0.6) is 0 Å². The number of carbonyl (C=O) groups excluding carboxylic acids is 1. The van der Waals surface area contributed by atoms with Crippen LogP contribution >= 0.6 is 12.2 Å². The molecule has 1 aromatic rings. The van der Waals surface area contributed by atoms with Crippen molar-refractivity contribution >= 4 is 23.4 Å². The van der Waals surface area contributed by atoms with Crippen LogP contribution in [0.15, 0.2) is 30.3 Å². The number of rotatable bonds is 3. The van der Waals surface area contributed by atoms with Gasteiger partial charge in [0.15, 0.2) is 5.11 Å². The summed E-state index contributed by atoms with van der Waals surface area (Å²) in [5.74, 6) is 5.31. The van der Waals surface area contributed by atoms with Crippen LogP contribution < -0.4 is 11.3 Å². The van der Waals surface area contributed by atoms with Crippen molar-refractivity contribution in [3.05, 3.63) is 35.9 Å². The highest BCUT2D eigenvalue weighted by Crippen LogP contribution is 2.16. The number of nitrogens with zero attached hydrogens (tertiary/aromatic N) is 2. The van der Waals surface area contributed by atoms with Crippen LogP contribution in [0.25, 0.3) is 0 Å². The zero-order valence-electron chi connectivity index (χ0n) is 12.0. The zero-order chi connectivity index (χ0) is 15.2. The maximum Gasteiger partial charge on any atom is 0.410 e. The molecule has 0 aromatic heterocycles. The highest BCUT2D eigenvalue weighted by atomic mass is 32.1. The quantitative estimate of drug-likeness (QED) is 0.495. The molecule has 0 saturated carbocycles. The van der Waals surface area contributed by atoms with E-state index in [0.717, 1.165) is 12.0 Å². The molecule has 1 heterocycles. The second kappa shape index (κ2) is 7.24. The van der Waals surface area contributed by atoms with Gasteiger partial charge in [0.2, 0.25) is 0 Å². The number of hydrogen-bond donors (Lipinski definition) is 2. The lowest BCUT2D eigenvalue weighted by molar-refractivity contribution is 0.102. The molecule has 0 aliphatic carbocycles. The number of benzene rings is 1. The number of hydrazine groups is 1. The SMILES string of the molecule is CN(C(=S)NN)[C@@H]1CCN(C(=O)OCc2ccccc2)C1. The Morgan fingerprint density at radius 3 is 2.90 bits per heavy atom. The fourth-order valence-corrected chi connectivity index (χ4v) is 2.45. The second-order valence-electron chi connectivity index (χ2n) is 4.99. The smallest absolute Gasteiger partial charge is 0.410 e. The van der Waals surface area contributed by atoms with E-state index in [4.69, 9.17) is 22.8 Å². The van der Waals surface area contributed by atoms with Crippen molar-refractivity contribution in [1.82, 2.24) is 15.2 Å². The molecule has 1 amide bonds. The van der Waals surface area contributed by atoms with E-state index < -0.39 is 0 Å². The van der Waals surface area contributed by atoms with Gasteiger partial charge in [0.05, 0.1) is 6.04 Å². The summed E-state index contributed by atoms with van der Waals surface area (Å²) in [5.41, 5.74) is 3.43. The lowest BCUT2D eigenvalue weighted by Crippen LogP contribution is -2.47. The van der Waals surface area contributed by atoms with Gasteiger partial charge in [-0.1, -0.05) is 30.3 Å². The summed E-state index contributed by atoms with van der Waals surface area (Å²) in [4.78, 5) is 15.6. The molecule has 1 atom stereocenters. The maximum absolute atomic E-state index is 12.0. The predicted octanol–water partition coefficient (Wildman–Crippen LogP) is 1.08. The van der Waals surface area contributed by atoms with Gasteiger partial charge >= 0.3 is 6.09 Å². The number of thiocarbonyl (C=S) groups is 1. The van der Waals surface area contributed by atoms with Crippen LogP contribution in [0.4, 0.5) is 4.79 Å². The lowest BCUT2D eigenvalue weighted by Gasteiger charge is -2.26. The summed E-state index contributed by atoms with van der Waals surface area (Å²) in [7, 11) is 1.87. The van der Waals surface area contributed by atoms with Crippen molar-refractivity contribution in [2.45, 2.75) is 19.1 Å². The van der Waals surface area contributed by atoms with Crippen molar-refractivity contribution in [2.75, 3.05) is 20.1 Å². The predicted molar refractivity (Wildman–Crippen MR) is 84.3 cm³/mol. The summed E-state index contributed by atoms with van der Waals surface area (Å²) in [6.45, 7) is 1.54. The molecule has 0 unspecified atom stereocenters. The molecule has 0 spiro atoms. The van der Waals surface area contributed by atoms with Crippen molar-refractivity contribution in [1.29, 1.82) is 0 Å². The van der Waals surface area contributed by atoms with Crippen LogP contribution in [0.2, 0.25) is 0 Å². The molecule has 1 saturated heterocycles. The normalized spacial score (nSPS) is 17.4. The van der Waals surface area contributed by atoms with E-state index in [9.17, 15) is 4.79 Å². The lowest BCUT2D eigenvalue weighted by atomic mass is 10.2. The maximum atomic E-state index is 12.0. The van der Waals surface area contributed by atoms with Crippen molar-refractivity contribution < 1.29 is 9.53 Å². The average molecular weight is 308 g/mol. The van der Waals surface area contributed by atoms with Gasteiger partial charge < -0.3 is 20.0 Å². The van der Waals surface area contributed by atoms with E-state index in [1.807, 2.05) is 42.3 Å². The summed E-state index contributed by atoms with van der Waals surface area (Å²) in [5, 5.41) is 0.472. The first-order valence-electron chi connectivity index (χ1n) is 6.81. The first-order valence-corrected chi connectivity index (χ1v) is 7.21. The van der Waals surface area contributed by atoms with E-state index in [0.29, 0.717) is 24.8 Å². The number of ether oxygens (including phenoxy) is 1. The number of likely N-dealkylation sites (N-methyl/N-ethyl adjacent to an activating group) is 1. The van der Waals surface area contributed by atoms with Crippen molar-refractivity contribution in [3.8, 4) is 0 Å². The molecule has 3 N–H and O–H groups in total. The number of amides is 1. The highest BCUT2D eigenvalue weighted by Gasteiger charge is 2.30. The first-order chi connectivity index (χ1) is 10.1. The van der Waals surface area contributed by atoms with E-state index in [1.54, 1.807) is 4.90 Å². The Balaban J connectivity index is 1.81. The summed E-state index contributed by atoms with van der Waals surface area (Å²) in [6, 6.07) is 9.80. The van der Waals surface area contributed by atoms with Crippen molar-refractivity contribution in [3.63, 3.8) is 0 Å². The molecule has 6 nitrogen and oxygen atoms in total. The Kier molecular flexibility index (Phi) is 5.35. The van der Waals surface area contributed by atoms with E-state index >= 15 is 0 Å². The minimum Gasteiger partial charge on any atom is -0.445 e. The Bertz CT molecular complexity index is 497. The Hall–Kier alpha value is -1.86. The van der Waals surface area contributed by atoms with Gasteiger partial charge in [-0.15, -0.1) is 0 Å². The fraction of sp³-hybridized carbons (Fsp3) is 0.429. The third kappa shape index (κ3) is 4.05. The van der Waals surface area contributed by atoms with Crippen LogP contribution in [0.3, 0.4) is 0 Å². The Morgan fingerprint density at radius 1 is 1.52 bits per heavy atom. The zero-order valence-corrected chi connectivity index (χ0v) is 12.8. The van der Waals surface area contributed by atoms with Crippen molar-refractivity contribution in [2.24, 2.45) is 5.84 Å². The van der Waals surface area contributed by atoms with E-state index in [1.165, 1.54) is 0 Å². The van der Waals surface area contributed by atoms with E-state index in [2.05, 4.69) is 5.43 Å². The van der Waals surface area contributed by atoms with E-state index in [-0.39, 0.29) is 12.1 Å². The van der Waals surface area contributed by atoms with Gasteiger partial charge in [0.1, 0.15) is 6.61 Å². The molecule has 1 aromatic carbocycles. The molecular formula is C14H20N4O2S. The van der Waals surface area contributed by atoms with Crippen LogP contribution in [0.1, 0.15) is 12.0 Å². The summed E-state index contributed by atoms with van der Waals surface area (Å²) < 4.78 is 5.32. The van der Waals surface area contributed by atoms with Gasteiger partial charge in [-0.3, -0.25) is 0 Å². The van der Waals surface area contributed by atoms with Gasteiger partial charge in [0, 0.05) is 20.1 Å². The fourth-order valence-electron chi connectivity index (χ4n) is 2.30. The monoisotopic (exact) mass is 308 g/mol. The van der Waals surface area contributed by atoms with Gasteiger partial charge in [-0.25, -0.2) is 10.6 Å². The largest absolute Gasteiger partial charge is 0.445 e. The van der Waals surface area contributed by atoms with Crippen LogP contribution in [-0.4, -0.2) is 47.2 Å². The number of carbonyl (C=O) groups is 1. The second-order valence-corrected chi connectivity index (χ2v) is 5.38. The summed E-state index contributed by atoms with van der Waals surface area (Å²) >= 11 is 5.09. The highest BCUT2D eigenvalue weighted by molar-refractivity contribution is 7.80. The number of nitrogens with two attached hydrogens (primary N) is 1. The third-order valence-electron chi connectivity index (χ3n) is 3.62. The Labute approximate surface area is 129 Å². The molecule has 7 heteroatoms.